The predicted octanol–water partition coefficient (Wildman–Crippen LogP) is 1.93. The second-order valence-electron chi connectivity index (χ2n) is 4.64. The average molecular weight is 288 g/mol. The summed E-state index contributed by atoms with van der Waals surface area (Å²) in [7, 11) is -3.19. The number of H-pyrrole nitrogens is 2. The van der Waals surface area contributed by atoms with Gasteiger partial charge in [-0.2, -0.15) is 0 Å². The molecule has 20 heavy (non-hydrogen) atoms. The molecule has 2 N–H and O–H groups in total. The topological polar surface area (TPSA) is 82.8 Å². The molecule has 0 amide bonds. The van der Waals surface area contributed by atoms with E-state index in [9.17, 15) is 13.2 Å². The highest BCUT2D eigenvalue weighted by atomic mass is 32.2. The summed E-state index contributed by atoms with van der Waals surface area (Å²) in [6.45, 7) is 0. The Morgan fingerprint density at radius 2 is 1.45 bits per heavy atom. The van der Waals surface area contributed by atoms with Crippen molar-refractivity contribution < 1.29 is 8.42 Å². The molecule has 3 rings (SSSR count). The summed E-state index contributed by atoms with van der Waals surface area (Å²) >= 11 is 0. The van der Waals surface area contributed by atoms with Gasteiger partial charge in [0.05, 0.1) is 15.9 Å². The van der Waals surface area contributed by atoms with E-state index in [-0.39, 0.29) is 10.6 Å². The lowest BCUT2D eigenvalue weighted by Gasteiger charge is -2.03. The van der Waals surface area contributed by atoms with E-state index in [1.165, 1.54) is 6.26 Å². The minimum Gasteiger partial charge on any atom is -0.306 e. The number of fused-ring (bicyclic) bond motifs is 1. The van der Waals surface area contributed by atoms with Crippen LogP contribution < -0.4 is 5.69 Å². The lowest BCUT2D eigenvalue weighted by Crippen LogP contribution is -1.99. The van der Waals surface area contributed by atoms with Crippen molar-refractivity contribution in [2.24, 2.45) is 0 Å². The van der Waals surface area contributed by atoms with E-state index in [0.29, 0.717) is 0 Å². The van der Waals surface area contributed by atoms with Gasteiger partial charge in [-0.3, -0.25) is 0 Å². The van der Waals surface area contributed by atoms with Crippen molar-refractivity contribution in [3.8, 4) is 11.1 Å². The number of benzene rings is 2. The average Bonchev–Trinajstić information content (AvgIpc) is 2.77. The molecule has 5 nitrogen and oxygen atoms in total. The Kier molecular flexibility index (Phi) is 2.76. The van der Waals surface area contributed by atoms with E-state index in [1.807, 2.05) is 18.2 Å². The van der Waals surface area contributed by atoms with Crippen LogP contribution in [0, 0.1) is 0 Å². The summed E-state index contributed by atoms with van der Waals surface area (Å²) in [4.78, 5) is 16.9. The van der Waals surface area contributed by atoms with Gasteiger partial charge in [0.2, 0.25) is 0 Å². The molecule has 0 spiro atoms. The maximum Gasteiger partial charge on any atom is 0.323 e. The zero-order valence-corrected chi connectivity index (χ0v) is 11.5. The molecule has 1 heterocycles. The van der Waals surface area contributed by atoms with Gasteiger partial charge in [-0.05, 0) is 35.4 Å². The van der Waals surface area contributed by atoms with Crippen LogP contribution in [0.2, 0.25) is 0 Å². The van der Waals surface area contributed by atoms with Crippen LogP contribution in [-0.2, 0) is 9.84 Å². The second kappa shape index (κ2) is 4.35. The Bertz CT molecular complexity index is 934. The molecular weight excluding hydrogens is 276 g/mol. The van der Waals surface area contributed by atoms with Crippen LogP contribution in [0.3, 0.4) is 0 Å². The fraction of sp³-hybridized carbons (Fsp3) is 0.0714. The summed E-state index contributed by atoms with van der Waals surface area (Å²) in [6.07, 6.45) is 1.18. The van der Waals surface area contributed by atoms with Gasteiger partial charge < -0.3 is 9.97 Å². The van der Waals surface area contributed by atoms with Crippen molar-refractivity contribution in [3.05, 3.63) is 52.9 Å². The van der Waals surface area contributed by atoms with Gasteiger partial charge in [0.1, 0.15) is 0 Å². The van der Waals surface area contributed by atoms with E-state index in [0.717, 1.165) is 22.2 Å². The zero-order valence-electron chi connectivity index (χ0n) is 10.7. The zero-order chi connectivity index (χ0) is 14.3. The van der Waals surface area contributed by atoms with Crippen LogP contribution >= 0.6 is 0 Å². The Hall–Kier alpha value is -2.34. The number of aromatic nitrogens is 2. The third-order valence-corrected chi connectivity index (χ3v) is 4.26. The van der Waals surface area contributed by atoms with E-state index in [4.69, 9.17) is 0 Å². The van der Waals surface area contributed by atoms with Gasteiger partial charge in [-0.15, -0.1) is 0 Å². The molecule has 3 aromatic rings. The lowest BCUT2D eigenvalue weighted by atomic mass is 10.1. The molecule has 0 fully saturated rings. The van der Waals surface area contributed by atoms with Gasteiger partial charge in [0, 0.05) is 6.26 Å². The molecule has 0 aliphatic heterocycles. The largest absolute Gasteiger partial charge is 0.323 e. The van der Waals surface area contributed by atoms with E-state index < -0.39 is 9.84 Å². The van der Waals surface area contributed by atoms with Crippen LogP contribution in [-0.4, -0.2) is 24.6 Å². The third-order valence-electron chi connectivity index (χ3n) is 3.13. The number of imidazole rings is 1. The second-order valence-corrected chi connectivity index (χ2v) is 6.65. The maximum atomic E-state index is 11.4. The minimum atomic E-state index is -3.19. The van der Waals surface area contributed by atoms with Crippen molar-refractivity contribution in [1.29, 1.82) is 0 Å². The lowest BCUT2D eigenvalue weighted by molar-refractivity contribution is 0.602. The Morgan fingerprint density at radius 1 is 0.850 bits per heavy atom. The van der Waals surface area contributed by atoms with Crippen LogP contribution in [0.1, 0.15) is 0 Å². The molecule has 0 aliphatic carbocycles. The van der Waals surface area contributed by atoms with E-state index >= 15 is 0 Å². The molecule has 102 valence electrons. The summed E-state index contributed by atoms with van der Waals surface area (Å²) in [6, 6.07) is 12.2. The highest BCUT2D eigenvalue weighted by molar-refractivity contribution is 7.90. The monoisotopic (exact) mass is 288 g/mol. The van der Waals surface area contributed by atoms with Gasteiger partial charge in [-0.1, -0.05) is 18.2 Å². The number of sulfone groups is 1. The molecular formula is C14H12N2O3S. The smallest absolute Gasteiger partial charge is 0.306 e. The molecule has 0 radical (unpaired) electrons. The van der Waals surface area contributed by atoms with Crippen molar-refractivity contribution in [2.75, 3.05) is 6.26 Å². The van der Waals surface area contributed by atoms with E-state index in [1.54, 1.807) is 24.3 Å². The maximum absolute atomic E-state index is 11.4. The van der Waals surface area contributed by atoms with Gasteiger partial charge in [0.15, 0.2) is 9.84 Å². The Labute approximate surface area is 115 Å². The highest BCUT2D eigenvalue weighted by Crippen LogP contribution is 2.23. The molecule has 2 aromatic carbocycles. The van der Waals surface area contributed by atoms with Crippen molar-refractivity contribution >= 4 is 20.9 Å². The van der Waals surface area contributed by atoms with Crippen LogP contribution in [0.15, 0.2) is 52.2 Å². The van der Waals surface area contributed by atoms with Crippen LogP contribution in [0.4, 0.5) is 0 Å². The first-order chi connectivity index (χ1) is 9.43. The van der Waals surface area contributed by atoms with Crippen molar-refractivity contribution in [2.45, 2.75) is 4.90 Å². The molecule has 0 atom stereocenters. The summed E-state index contributed by atoms with van der Waals surface area (Å²) in [5.74, 6) is 0. The predicted molar refractivity (Wildman–Crippen MR) is 77.5 cm³/mol. The fourth-order valence-electron chi connectivity index (χ4n) is 2.11. The molecule has 0 saturated carbocycles. The van der Waals surface area contributed by atoms with Crippen LogP contribution in [0.25, 0.3) is 22.2 Å². The number of hydrogen-bond donors (Lipinski definition) is 2. The quantitative estimate of drug-likeness (QED) is 0.755. The summed E-state index contributed by atoms with van der Waals surface area (Å²) in [5, 5.41) is 0. The fourth-order valence-corrected chi connectivity index (χ4v) is 2.74. The van der Waals surface area contributed by atoms with Crippen molar-refractivity contribution in [1.82, 2.24) is 9.97 Å². The molecule has 0 bridgehead atoms. The van der Waals surface area contributed by atoms with E-state index in [2.05, 4.69) is 9.97 Å². The molecule has 0 saturated heterocycles. The number of rotatable bonds is 2. The molecule has 1 aromatic heterocycles. The number of nitrogens with one attached hydrogen (secondary N) is 2. The van der Waals surface area contributed by atoms with Crippen molar-refractivity contribution in [3.63, 3.8) is 0 Å². The number of hydrogen-bond acceptors (Lipinski definition) is 3. The highest BCUT2D eigenvalue weighted by Gasteiger charge is 2.07. The van der Waals surface area contributed by atoms with Crippen LogP contribution in [0.5, 0.6) is 0 Å². The molecule has 0 aliphatic rings. The SMILES string of the molecule is CS(=O)(=O)c1ccc(-c2ccc3[nH]c(=O)[nH]c3c2)cc1. The van der Waals surface area contributed by atoms with Gasteiger partial charge in [0.25, 0.3) is 0 Å². The first-order valence-electron chi connectivity index (χ1n) is 5.96. The normalized spacial score (nSPS) is 11.8. The minimum absolute atomic E-state index is 0.246. The summed E-state index contributed by atoms with van der Waals surface area (Å²) < 4.78 is 22.8. The number of aromatic amines is 2. The first kappa shape index (κ1) is 12.7. The molecule has 6 heteroatoms. The molecule has 0 unspecified atom stereocenters. The summed E-state index contributed by atoms with van der Waals surface area (Å²) in [5.41, 5.74) is 3.02. The standard InChI is InChI=1S/C14H12N2O3S/c1-20(18,19)11-5-2-9(3-6-11)10-4-7-12-13(8-10)16-14(17)15-12/h2-8H,1H3,(H2,15,16,17). The Morgan fingerprint density at radius 3 is 2.10 bits per heavy atom. The Balaban J connectivity index is 2.08. The van der Waals surface area contributed by atoms with Gasteiger partial charge >= 0.3 is 5.69 Å². The first-order valence-corrected chi connectivity index (χ1v) is 7.85. The van der Waals surface area contributed by atoms with Gasteiger partial charge in [-0.25, -0.2) is 13.2 Å². The third kappa shape index (κ3) is 2.25.